The highest BCUT2D eigenvalue weighted by Gasteiger charge is 2.14. The summed E-state index contributed by atoms with van der Waals surface area (Å²) in [5.74, 6) is 2.71. The monoisotopic (exact) mass is 692 g/mol. The van der Waals surface area contributed by atoms with Gasteiger partial charge in [-0.15, -0.1) is 12.3 Å². The van der Waals surface area contributed by atoms with Gasteiger partial charge in [0.1, 0.15) is 6.10 Å². The topological polar surface area (TPSA) is 65.1 Å². The highest BCUT2D eigenvalue weighted by atomic mass is 16.7. The van der Waals surface area contributed by atoms with Crippen LogP contribution in [-0.2, 0) is 19.0 Å². The number of terminal acetylenes is 1. The van der Waals surface area contributed by atoms with E-state index in [-0.39, 0.29) is 12.1 Å². The van der Waals surface area contributed by atoms with Gasteiger partial charge in [-0.1, -0.05) is 136 Å². The molecule has 6 heteroatoms. The summed E-state index contributed by atoms with van der Waals surface area (Å²) in [5.41, 5.74) is 0. The van der Waals surface area contributed by atoms with Crippen molar-refractivity contribution in [3.63, 3.8) is 0 Å². The molecule has 0 unspecified atom stereocenters. The summed E-state index contributed by atoms with van der Waals surface area (Å²) < 4.78 is 16.5. The zero-order chi connectivity index (χ0) is 35.9. The second kappa shape index (κ2) is 39.1. The van der Waals surface area contributed by atoms with E-state index in [4.69, 9.17) is 20.6 Å². The van der Waals surface area contributed by atoms with Crippen molar-refractivity contribution in [1.29, 1.82) is 0 Å². The largest absolute Gasteiger partial charge is 0.508 e. The first-order valence-electron chi connectivity index (χ1n) is 21.2. The third kappa shape index (κ3) is 35.9. The maximum atomic E-state index is 12.7. The predicted molar refractivity (Wildman–Crippen MR) is 208 cm³/mol. The molecule has 288 valence electrons. The normalized spacial score (nSPS) is 11.3. The Morgan fingerprint density at radius 1 is 0.551 bits per heavy atom. The van der Waals surface area contributed by atoms with Crippen LogP contribution in [0.3, 0.4) is 0 Å². The highest BCUT2D eigenvalue weighted by Crippen LogP contribution is 2.18. The molecular formula is C43H81NO5. The fourth-order valence-electron chi connectivity index (χ4n) is 6.38. The highest BCUT2D eigenvalue weighted by molar-refractivity contribution is 5.69. The van der Waals surface area contributed by atoms with E-state index in [0.29, 0.717) is 19.6 Å². The van der Waals surface area contributed by atoms with Gasteiger partial charge in [0.25, 0.3) is 0 Å². The SMILES string of the molecule is C#CCCCCCCCCCOC(=O)OCCCCN(CC)CCCCCCCC(=O)OC(CCCCCCCC)CCCCCCCC. The Morgan fingerprint density at radius 3 is 1.51 bits per heavy atom. The second-order valence-corrected chi connectivity index (χ2v) is 14.3. The average molecular weight is 692 g/mol. The number of unbranched alkanes of at least 4 members (excludes halogenated alkanes) is 22. The Bertz CT molecular complexity index is 735. The molecule has 0 heterocycles. The van der Waals surface area contributed by atoms with E-state index in [0.717, 1.165) is 83.8 Å². The van der Waals surface area contributed by atoms with Crippen LogP contribution in [0.5, 0.6) is 0 Å². The van der Waals surface area contributed by atoms with Crippen LogP contribution in [0.2, 0.25) is 0 Å². The molecule has 0 N–H and O–H groups in total. The zero-order valence-corrected chi connectivity index (χ0v) is 32.9. The van der Waals surface area contributed by atoms with E-state index in [1.807, 2.05) is 0 Å². The number of esters is 1. The van der Waals surface area contributed by atoms with Gasteiger partial charge < -0.3 is 19.1 Å². The zero-order valence-electron chi connectivity index (χ0n) is 32.9. The Labute approximate surface area is 304 Å². The number of hydrogen-bond acceptors (Lipinski definition) is 6. The molecular weight excluding hydrogens is 610 g/mol. The van der Waals surface area contributed by atoms with Crippen LogP contribution in [0, 0.1) is 12.3 Å². The minimum absolute atomic E-state index is 0.0191. The molecule has 6 nitrogen and oxygen atoms in total. The van der Waals surface area contributed by atoms with Crippen molar-refractivity contribution in [2.45, 2.75) is 219 Å². The van der Waals surface area contributed by atoms with Gasteiger partial charge in [0.2, 0.25) is 0 Å². The maximum absolute atomic E-state index is 12.7. The van der Waals surface area contributed by atoms with E-state index in [2.05, 4.69) is 31.6 Å². The van der Waals surface area contributed by atoms with Crippen LogP contribution >= 0.6 is 0 Å². The van der Waals surface area contributed by atoms with Crippen LogP contribution in [0.25, 0.3) is 0 Å². The van der Waals surface area contributed by atoms with Crippen molar-refractivity contribution in [2.75, 3.05) is 32.8 Å². The number of rotatable bonds is 38. The maximum Gasteiger partial charge on any atom is 0.508 e. The number of hydrogen-bond donors (Lipinski definition) is 0. The minimum atomic E-state index is -0.531. The summed E-state index contributed by atoms with van der Waals surface area (Å²) in [6.45, 7) is 10.8. The van der Waals surface area contributed by atoms with Crippen molar-refractivity contribution in [3.8, 4) is 12.3 Å². The summed E-state index contributed by atoms with van der Waals surface area (Å²) in [7, 11) is 0. The average Bonchev–Trinajstić information content (AvgIpc) is 3.10. The molecule has 0 atom stereocenters. The van der Waals surface area contributed by atoms with Crippen molar-refractivity contribution in [1.82, 2.24) is 4.90 Å². The number of carbonyl (C=O) groups excluding carboxylic acids is 2. The number of nitrogens with zero attached hydrogens (tertiary/aromatic N) is 1. The van der Waals surface area contributed by atoms with Gasteiger partial charge in [0, 0.05) is 12.8 Å². The molecule has 0 aromatic heterocycles. The standard InChI is InChI=1S/C43H81NO5/c1-5-9-12-15-18-19-20-26-32-39-47-43(46)48-40-33-31-38-44(8-4)37-30-25-21-24-29-36-42(45)49-41(34-27-22-16-13-10-6-2)35-28-23-17-14-11-7-3/h1,41H,6-40H2,2-4H3. The lowest BCUT2D eigenvalue weighted by molar-refractivity contribution is -0.150. The molecule has 0 spiro atoms. The Hall–Kier alpha value is -1.74. The van der Waals surface area contributed by atoms with Crippen molar-refractivity contribution < 1.29 is 23.8 Å². The molecule has 0 rings (SSSR count). The van der Waals surface area contributed by atoms with Gasteiger partial charge in [-0.2, -0.15) is 0 Å². The summed E-state index contributed by atoms with van der Waals surface area (Å²) in [6, 6.07) is 0. The molecule has 0 saturated carbocycles. The Kier molecular flexibility index (Phi) is 37.7. The first-order valence-corrected chi connectivity index (χ1v) is 21.2. The molecule has 0 aliphatic rings. The summed E-state index contributed by atoms with van der Waals surface area (Å²) in [4.78, 5) is 27.0. The minimum Gasteiger partial charge on any atom is -0.462 e. The van der Waals surface area contributed by atoms with Gasteiger partial charge in [-0.25, -0.2) is 4.79 Å². The molecule has 0 saturated heterocycles. The first kappa shape index (κ1) is 47.3. The van der Waals surface area contributed by atoms with Gasteiger partial charge in [0.15, 0.2) is 0 Å². The second-order valence-electron chi connectivity index (χ2n) is 14.3. The van der Waals surface area contributed by atoms with Crippen LogP contribution in [0.1, 0.15) is 213 Å². The van der Waals surface area contributed by atoms with E-state index >= 15 is 0 Å². The molecule has 0 radical (unpaired) electrons. The molecule has 0 aliphatic heterocycles. The molecule has 0 aromatic rings. The Balaban J connectivity index is 3.87. The number of carbonyl (C=O) groups is 2. The summed E-state index contributed by atoms with van der Waals surface area (Å²) in [6.07, 6.45) is 39.2. The molecule has 0 amide bonds. The number of ether oxygens (including phenoxy) is 3. The van der Waals surface area contributed by atoms with Crippen LogP contribution in [0.15, 0.2) is 0 Å². The quantitative estimate of drug-likeness (QED) is 0.0365. The van der Waals surface area contributed by atoms with E-state index < -0.39 is 6.16 Å². The summed E-state index contributed by atoms with van der Waals surface area (Å²) in [5, 5.41) is 0. The lowest BCUT2D eigenvalue weighted by Gasteiger charge is -2.20. The lowest BCUT2D eigenvalue weighted by Crippen LogP contribution is -2.26. The fourth-order valence-corrected chi connectivity index (χ4v) is 6.38. The third-order valence-corrected chi connectivity index (χ3v) is 9.63. The van der Waals surface area contributed by atoms with Crippen LogP contribution in [-0.4, -0.2) is 56.0 Å². The Morgan fingerprint density at radius 2 is 0.980 bits per heavy atom. The van der Waals surface area contributed by atoms with Crippen molar-refractivity contribution in [2.24, 2.45) is 0 Å². The van der Waals surface area contributed by atoms with E-state index in [1.54, 1.807) is 0 Å². The van der Waals surface area contributed by atoms with Gasteiger partial charge in [0.05, 0.1) is 13.2 Å². The molecule has 0 bridgehead atoms. The van der Waals surface area contributed by atoms with E-state index in [1.165, 1.54) is 122 Å². The van der Waals surface area contributed by atoms with Gasteiger partial charge >= 0.3 is 12.1 Å². The smallest absolute Gasteiger partial charge is 0.462 e. The van der Waals surface area contributed by atoms with Crippen LogP contribution in [0.4, 0.5) is 4.79 Å². The van der Waals surface area contributed by atoms with Crippen LogP contribution < -0.4 is 0 Å². The lowest BCUT2D eigenvalue weighted by atomic mass is 10.0. The molecule has 0 fully saturated rings. The molecule has 49 heavy (non-hydrogen) atoms. The first-order chi connectivity index (χ1) is 24.1. The van der Waals surface area contributed by atoms with Crippen molar-refractivity contribution in [3.05, 3.63) is 0 Å². The van der Waals surface area contributed by atoms with E-state index in [9.17, 15) is 9.59 Å². The fraction of sp³-hybridized carbons (Fsp3) is 0.907. The van der Waals surface area contributed by atoms with Gasteiger partial charge in [-0.05, 0) is 83.8 Å². The summed E-state index contributed by atoms with van der Waals surface area (Å²) >= 11 is 0. The molecule has 0 aliphatic carbocycles. The third-order valence-electron chi connectivity index (χ3n) is 9.63. The van der Waals surface area contributed by atoms with Crippen molar-refractivity contribution >= 4 is 12.1 Å². The van der Waals surface area contributed by atoms with Gasteiger partial charge in [-0.3, -0.25) is 4.79 Å². The predicted octanol–water partition coefficient (Wildman–Crippen LogP) is 12.7. The molecule has 0 aromatic carbocycles.